The lowest BCUT2D eigenvalue weighted by molar-refractivity contribution is -0.127. The summed E-state index contributed by atoms with van der Waals surface area (Å²) in [6, 6.07) is 11.3. The zero-order valence-electron chi connectivity index (χ0n) is 13.2. The van der Waals surface area contributed by atoms with Crippen LogP contribution in [0.15, 0.2) is 45.8 Å². The van der Waals surface area contributed by atoms with Crippen molar-refractivity contribution in [1.29, 1.82) is 0 Å². The van der Waals surface area contributed by atoms with E-state index in [0.29, 0.717) is 17.3 Å². The molecule has 3 rings (SSSR count). The summed E-state index contributed by atoms with van der Waals surface area (Å²) in [6.45, 7) is 1.31. The van der Waals surface area contributed by atoms with Gasteiger partial charge in [0.2, 0.25) is 5.91 Å². The molecule has 1 amide bonds. The highest BCUT2D eigenvalue weighted by molar-refractivity contribution is 8.39. The van der Waals surface area contributed by atoms with Crippen LogP contribution in [0, 0.1) is 0 Å². The first-order valence-electron chi connectivity index (χ1n) is 7.50. The number of benzene rings is 1. The molecule has 0 atom stereocenters. The van der Waals surface area contributed by atoms with Gasteiger partial charge >= 0.3 is 0 Å². The van der Waals surface area contributed by atoms with E-state index in [1.807, 2.05) is 36.4 Å². The first-order valence-corrected chi connectivity index (χ1v) is 9.85. The standard InChI is InChI=1S/C17H17ClN2O2S2/c1-20(16(21)11-24-17-19-8-9-23-17)10-14-6-7-15(22-14)12-2-4-13(18)5-3-12/h2-7H,8-11H2,1H3. The molecule has 7 heteroatoms. The maximum atomic E-state index is 12.2. The van der Waals surface area contributed by atoms with Crippen LogP contribution in [0.2, 0.25) is 5.02 Å². The predicted molar refractivity (Wildman–Crippen MR) is 103 cm³/mol. The summed E-state index contributed by atoms with van der Waals surface area (Å²) in [7, 11) is 1.79. The molecule has 0 spiro atoms. The summed E-state index contributed by atoms with van der Waals surface area (Å²) in [5.74, 6) is 3.03. The van der Waals surface area contributed by atoms with Crippen molar-refractivity contribution in [3.05, 3.63) is 47.2 Å². The SMILES string of the molecule is CN(Cc1ccc(-c2ccc(Cl)cc2)o1)C(=O)CSC1=NCCS1. The van der Waals surface area contributed by atoms with Crippen molar-refractivity contribution in [2.45, 2.75) is 6.54 Å². The zero-order chi connectivity index (χ0) is 16.9. The van der Waals surface area contributed by atoms with E-state index in [0.717, 1.165) is 33.8 Å². The van der Waals surface area contributed by atoms with Gasteiger partial charge in [-0.15, -0.1) is 0 Å². The van der Waals surface area contributed by atoms with Crippen molar-refractivity contribution in [2.75, 3.05) is 25.1 Å². The molecular formula is C17H17ClN2O2S2. The number of amides is 1. The Morgan fingerprint density at radius 3 is 2.83 bits per heavy atom. The molecule has 2 aromatic rings. The number of carbonyl (C=O) groups excluding carboxylic acids is 1. The van der Waals surface area contributed by atoms with E-state index in [2.05, 4.69) is 4.99 Å². The Morgan fingerprint density at radius 2 is 2.12 bits per heavy atom. The molecule has 1 aliphatic heterocycles. The minimum Gasteiger partial charge on any atom is -0.459 e. The third kappa shape index (κ3) is 4.59. The van der Waals surface area contributed by atoms with Gasteiger partial charge in [0.1, 0.15) is 15.9 Å². The molecule has 0 aliphatic carbocycles. The summed E-state index contributed by atoms with van der Waals surface area (Å²) in [4.78, 5) is 18.2. The number of hydrogen-bond acceptors (Lipinski definition) is 5. The van der Waals surface area contributed by atoms with Gasteiger partial charge in [-0.05, 0) is 36.4 Å². The minimum absolute atomic E-state index is 0.0691. The third-order valence-electron chi connectivity index (χ3n) is 3.49. The lowest BCUT2D eigenvalue weighted by Gasteiger charge is -2.15. The Bertz CT molecular complexity index is 743. The van der Waals surface area contributed by atoms with Gasteiger partial charge in [0.05, 0.1) is 18.8 Å². The van der Waals surface area contributed by atoms with Gasteiger partial charge < -0.3 is 9.32 Å². The summed E-state index contributed by atoms with van der Waals surface area (Å²) in [5, 5.41) is 0.693. The van der Waals surface area contributed by atoms with Crippen molar-refractivity contribution in [2.24, 2.45) is 4.99 Å². The van der Waals surface area contributed by atoms with Crippen LogP contribution in [-0.2, 0) is 11.3 Å². The van der Waals surface area contributed by atoms with Gasteiger partial charge in [-0.1, -0.05) is 35.1 Å². The summed E-state index contributed by atoms with van der Waals surface area (Å²) in [6.07, 6.45) is 0. The van der Waals surface area contributed by atoms with Crippen LogP contribution >= 0.6 is 35.1 Å². The van der Waals surface area contributed by atoms with Crippen molar-refractivity contribution < 1.29 is 9.21 Å². The van der Waals surface area contributed by atoms with Gasteiger partial charge in [0.15, 0.2) is 0 Å². The number of furan rings is 1. The van der Waals surface area contributed by atoms with E-state index < -0.39 is 0 Å². The summed E-state index contributed by atoms with van der Waals surface area (Å²) >= 11 is 9.13. The van der Waals surface area contributed by atoms with Crippen LogP contribution in [0.5, 0.6) is 0 Å². The van der Waals surface area contributed by atoms with Gasteiger partial charge in [0, 0.05) is 23.4 Å². The monoisotopic (exact) mass is 380 g/mol. The summed E-state index contributed by atoms with van der Waals surface area (Å²) < 4.78 is 6.85. The van der Waals surface area contributed by atoms with E-state index in [1.54, 1.807) is 23.7 Å². The highest BCUT2D eigenvalue weighted by Gasteiger charge is 2.15. The number of nitrogens with zero attached hydrogens (tertiary/aromatic N) is 2. The average Bonchev–Trinajstić information content (AvgIpc) is 3.25. The molecule has 0 saturated heterocycles. The molecule has 1 aromatic heterocycles. The fourth-order valence-corrected chi connectivity index (χ4v) is 4.27. The lowest BCUT2D eigenvalue weighted by Crippen LogP contribution is -2.27. The van der Waals surface area contributed by atoms with Crippen molar-refractivity contribution >= 4 is 45.4 Å². The topological polar surface area (TPSA) is 45.8 Å². The highest BCUT2D eigenvalue weighted by atomic mass is 35.5. The quantitative estimate of drug-likeness (QED) is 0.771. The summed E-state index contributed by atoms with van der Waals surface area (Å²) in [5.41, 5.74) is 0.964. The smallest absolute Gasteiger partial charge is 0.233 e. The van der Waals surface area contributed by atoms with E-state index >= 15 is 0 Å². The van der Waals surface area contributed by atoms with Crippen LogP contribution in [0.25, 0.3) is 11.3 Å². The molecule has 126 valence electrons. The second-order valence-electron chi connectivity index (χ2n) is 5.31. The Morgan fingerprint density at radius 1 is 1.33 bits per heavy atom. The van der Waals surface area contributed by atoms with Gasteiger partial charge in [-0.3, -0.25) is 9.79 Å². The molecule has 2 heterocycles. The maximum Gasteiger partial charge on any atom is 0.233 e. The molecule has 0 saturated carbocycles. The van der Waals surface area contributed by atoms with Crippen molar-refractivity contribution in [3.8, 4) is 11.3 Å². The first kappa shape index (κ1) is 17.5. The van der Waals surface area contributed by atoms with E-state index in [1.165, 1.54) is 11.8 Å². The largest absolute Gasteiger partial charge is 0.459 e. The number of carbonyl (C=O) groups is 1. The zero-order valence-corrected chi connectivity index (χ0v) is 15.6. The number of hydrogen-bond donors (Lipinski definition) is 0. The Balaban J connectivity index is 1.55. The molecule has 0 radical (unpaired) electrons. The fourth-order valence-electron chi connectivity index (χ4n) is 2.19. The molecule has 0 bridgehead atoms. The van der Waals surface area contributed by atoms with E-state index in [4.69, 9.17) is 16.0 Å². The van der Waals surface area contributed by atoms with Crippen LogP contribution in [-0.4, -0.2) is 40.3 Å². The second kappa shape index (κ2) is 8.14. The molecule has 0 unspecified atom stereocenters. The lowest BCUT2D eigenvalue weighted by atomic mass is 10.2. The normalized spacial score (nSPS) is 13.8. The van der Waals surface area contributed by atoms with Crippen LogP contribution in [0.4, 0.5) is 0 Å². The number of thioether (sulfide) groups is 2. The van der Waals surface area contributed by atoms with E-state index in [9.17, 15) is 4.79 Å². The van der Waals surface area contributed by atoms with Gasteiger partial charge in [-0.2, -0.15) is 0 Å². The van der Waals surface area contributed by atoms with Gasteiger partial charge in [-0.25, -0.2) is 0 Å². The Hall–Kier alpha value is -1.37. The van der Waals surface area contributed by atoms with Crippen LogP contribution < -0.4 is 0 Å². The Kier molecular flexibility index (Phi) is 5.92. The van der Waals surface area contributed by atoms with Gasteiger partial charge in [0.25, 0.3) is 0 Å². The highest BCUT2D eigenvalue weighted by Crippen LogP contribution is 2.25. The van der Waals surface area contributed by atoms with Crippen molar-refractivity contribution in [3.63, 3.8) is 0 Å². The number of aliphatic imine (C=N–C) groups is 1. The molecule has 1 aromatic carbocycles. The molecule has 24 heavy (non-hydrogen) atoms. The number of halogens is 1. The molecule has 1 aliphatic rings. The first-order chi connectivity index (χ1) is 11.6. The molecular weight excluding hydrogens is 364 g/mol. The molecule has 4 nitrogen and oxygen atoms in total. The minimum atomic E-state index is 0.0691. The maximum absolute atomic E-state index is 12.2. The number of rotatable bonds is 5. The second-order valence-corrected chi connectivity index (χ2v) is 8.05. The van der Waals surface area contributed by atoms with Crippen molar-refractivity contribution in [1.82, 2.24) is 4.90 Å². The van der Waals surface area contributed by atoms with Crippen LogP contribution in [0.3, 0.4) is 0 Å². The average molecular weight is 381 g/mol. The Labute approximate surface area is 154 Å². The third-order valence-corrected chi connectivity index (χ3v) is 5.98. The fraction of sp³-hybridized carbons (Fsp3) is 0.294. The molecule has 0 fully saturated rings. The van der Waals surface area contributed by atoms with E-state index in [-0.39, 0.29) is 5.91 Å². The van der Waals surface area contributed by atoms with Crippen LogP contribution in [0.1, 0.15) is 5.76 Å². The molecule has 0 N–H and O–H groups in total. The predicted octanol–water partition coefficient (Wildman–Crippen LogP) is 4.39.